The summed E-state index contributed by atoms with van der Waals surface area (Å²) in [6.45, 7) is 3.66. The van der Waals surface area contributed by atoms with Gasteiger partial charge in [0.15, 0.2) is 5.11 Å². The van der Waals surface area contributed by atoms with Gasteiger partial charge in [-0.1, -0.05) is 44.4 Å². The fourth-order valence-electron chi connectivity index (χ4n) is 3.26. The molecule has 1 N–H and O–H groups in total. The van der Waals surface area contributed by atoms with Crippen molar-refractivity contribution in [3.63, 3.8) is 0 Å². The second-order valence-electron chi connectivity index (χ2n) is 6.84. The van der Waals surface area contributed by atoms with Crippen LogP contribution < -0.4 is 15.0 Å². The molecule has 0 saturated heterocycles. The lowest BCUT2D eigenvalue weighted by molar-refractivity contribution is 0.0977. The number of benzene rings is 2. The molecule has 4 nitrogen and oxygen atoms in total. The molecule has 0 fully saturated rings. The summed E-state index contributed by atoms with van der Waals surface area (Å²) in [6.07, 6.45) is 5.57. The molecule has 0 aliphatic carbocycles. The number of carbonyl (C=O) groups excluding carboxylic acids is 1. The van der Waals surface area contributed by atoms with Gasteiger partial charge >= 0.3 is 0 Å². The summed E-state index contributed by atoms with van der Waals surface area (Å²) < 4.78 is 6.58. The number of nitrogens with one attached hydrogen (secondary N) is 1. The quantitative estimate of drug-likeness (QED) is 0.438. The van der Waals surface area contributed by atoms with Gasteiger partial charge in [0.2, 0.25) is 0 Å². The standard InChI is InChI=1S/C22H25BrN2O2S/c1-2-3-4-7-14-27-20-11-10-17(15-18(20)23)21(26)24-22(28)25-13-12-16-8-5-6-9-19(16)25/h5-6,8-11,15H,2-4,7,12-14H2,1H3,(H,24,26,28). The number of hydrogen-bond donors (Lipinski definition) is 1. The van der Waals surface area contributed by atoms with Crippen LogP contribution in [0, 0.1) is 0 Å². The number of anilines is 1. The van der Waals surface area contributed by atoms with Crippen molar-refractivity contribution >= 4 is 44.9 Å². The van der Waals surface area contributed by atoms with Crippen molar-refractivity contribution in [1.82, 2.24) is 5.32 Å². The van der Waals surface area contributed by atoms with Gasteiger partial charge in [-0.3, -0.25) is 10.1 Å². The first kappa shape index (κ1) is 20.8. The lowest BCUT2D eigenvalue weighted by atomic mass is 10.2. The molecule has 148 valence electrons. The van der Waals surface area contributed by atoms with Crippen LogP contribution in [-0.4, -0.2) is 24.2 Å². The first-order valence-electron chi connectivity index (χ1n) is 9.73. The van der Waals surface area contributed by atoms with E-state index >= 15 is 0 Å². The normalized spacial score (nSPS) is 12.6. The van der Waals surface area contributed by atoms with E-state index in [1.54, 1.807) is 12.1 Å². The SMILES string of the molecule is CCCCCCOc1ccc(C(=O)NC(=S)N2CCc3ccccc32)cc1Br. The van der Waals surface area contributed by atoms with Gasteiger partial charge in [-0.15, -0.1) is 0 Å². The predicted molar refractivity (Wildman–Crippen MR) is 121 cm³/mol. The molecule has 28 heavy (non-hydrogen) atoms. The lowest BCUT2D eigenvalue weighted by Gasteiger charge is -2.20. The molecule has 2 aromatic rings. The Morgan fingerprint density at radius 2 is 2.04 bits per heavy atom. The molecular weight excluding hydrogens is 436 g/mol. The smallest absolute Gasteiger partial charge is 0.257 e. The number of halogens is 1. The van der Waals surface area contributed by atoms with Crippen LogP contribution in [-0.2, 0) is 6.42 Å². The third-order valence-corrected chi connectivity index (χ3v) is 5.74. The summed E-state index contributed by atoms with van der Waals surface area (Å²) in [6, 6.07) is 13.5. The predicted octanol–water partition coefficient (Wildman–Crippen LogP) is 5.49. The van der Waals surface area contributed by atoms with Crippen LogP contribution in [0.25, 0.3) is 0 Å². The van der Waals surface area contributed by atoms with E-state index in [9.17, 15) is 4.79 Å². The highest BCUT2D eigenvalue weighted by Gasteiger charge is 2.23. The van der Waals surface area contributed by atoms with Gasteiger partial charge in [-0.05, 0) is 70.8 Å². The Morgan fingerprint density at radius 3 is 2.82 bits per heavy atom. The lowest BCUT2D eigenvalue weighted by Crippen LogP contribution is -2.41. The molecule has 0 spiro atoms. The van der Waals surface area contributed by atoms with Crippen LogP contribution in [0.1, 0.15) is 48.5 Å². The highest BCUT2D eigenvalue weighted by molar-refractivity contribution is 9.10. The number of para-hydroxylation sites is 1. The number of ether oxygens (including phenoxy) is 1. The van der Waals surface area contributed by atoms with Crippen LogP contribution in [0.2, 0.25) is 0 Å². The Bertz CT molecular complexity index is 856. The molecule has 0 radical (unpaired) electrons. The number of unbranched alkanes of at least 4 members (excludes halogenated alkanes) is 3. The Morgan fingerprint density at radius 1 is 1.21 bits per heavy atom. The average Bonchev–Trinajstić information content (AvgIpc) is 3.13. The van der Waals surface area contributed by atoms with E-state index < -0.39 is 0 Å². The van der Waals surface area contributed by atoms with Gasteiger partial charge < -0.3 is 9.64 Å². The fourth-order valence-corrected chi connectivity index (χ4v) is 4.03. The minimum atomic E-state index is -0.218. The van der Waals surface area contributed by atoms with E-state index in [-0.39, 0.29) is 5.91 Å². The maximum atomic E-state index is 12.6. The number of thiocarbonyl (C=S) groups is 1. The number of carbonyl (C=O) groups is 1. The van der Waals surface area contributed by atoms with Crippen molar-refractivity contribution in [3.8, 4) is 5.75 Å². The third kappa shape index (κ3) is 5.11. The topological polar surface area (TPSA) is 41.6 Å². The minimum Gasteiger partial charge on any atom is -0.492 e. The fraction of sp³-hybridized carbons (Fsp3) is 0.364. The zero-order chi connectivity index (χ0) is 19.9. The highest BCUT2D eigenvalue weighted by atomic mass is 79.9. The van der Waals surface area contributed by atoms with Crippen molar-refractivity contribution < 1.29 is 9.53 Å². The van der Waals surface area contributed by atoms with Gasteiger partial charge in [-0.25, -0.2) is 0 Å². The number of amides is 1. The Balaban J connectivity index is 1.57. The van der Waals surface area contributed by atoms with E-state index in [1.807, 2.05) is 29.2 Å². The Kier molecular flexibility index (Phi) is 7.45. The van der Waals surface area contributed by atoms with Gasteiger partial charge in [0.05, 0.1) is 11.1 Å². The van der Waals surface area contributed by atoms with Crippen LogP contribution in [0.4, 0.5) is 5.69 Å². The summed E-state index contributed by atoms with van der Waals surface area (Å²) in [5, 5.41) is 3.28. The first-order valence-corrected chi connectivity index (χ1v) is 10.9. The largest absolute Gasteiger partial charge is 0.492 e. The monoisotopic (exact) mass is 460 g/mol. The Hall–Kier alpha value is -1.92. The van der Waals surface area contributed by atoms with Crippen molar-refractivity contribution in [2.75, 3.05) is 18.1 Å². The van der Waals surface area contributed by atoms with Crippen LogP contribution in [0.15, 0.2) is 46.9 Å². The van der Waals surface area contributed by atoms with Crippen LogP contribution in [0.3, 0.4) is 0 Å². The van der Waals surface area contributed by atoms with Crippen molar-refractivity contribution in [2.24, 2.45) is 0 Å². The molecule has 1 aliphatic heterocycles. The van der Waals surface area contributed by atoms with Crippen molar-refractivity contribution in [2.45, 2.75) is 39.0 Å². The molecule has 2 aromatic carbocycles. The molecule has 0 aromatic heterocycles. The second-order valence-corrected chi connectivity index (χ2v) is 8.08. The maximum Gasteiger partial charge on any atom is 0.257 e. The minimum absolute atomic E-state index is 0.218. The second kappa shape index (κ2) is 10.0. The molecule has 1 amide bonds. The summed E-state index contributed by atoms with van der Waals surface area (Å²) >= 11 is 8.98. The molecule has 3 rings (SSSR count). The molecule has 1 heterocycles. The molecule has 0 atom stereocenters. The summed E-state index contributed by atoms with van der Waals surface area (Å²) in [7, 11) is 0. The first-order chi connectivity index (χ1) is 13.6. The molecule has 1 aliphatic rings. The zero-order valence-electron chi connectivity index (χ0n) is 16.0. The van der Waals surface area contributed by atoms with E-state index in [0.29, 0.717) is 17.3 Å². The molecule has 0 bridgehead atoms. The third-order valence-electron chi connectivity index (χ3n) is 4.80. The molecular formula is C22H25BrN2O2S. The molecule has 0 saturated carbocycles. The van der Waals surface area contributed by atoms with Crippen LogP contribution in [0.5, 0.6) is 5.75 Å². The van der Waals surface area contributed by atoms with E-state index in [0.717, 1.165) is 35.3 Å². The Labute approximate surface area is 180 Å². The van der Waals surface area contributed by atoms with Crippen molar-refractivity contribution in [3.05, 3.63) is 58.1 Å². The van der Waals surface area contributed by atoms with Gasteiger partial charge in [-0.2, -0.15) is 0 Å². The highest BCUT2D eigenvalue weighted by Crippen LogP contribution is 2.28. The number of nitrogens with zero attached hydrogens (tertiary/aromatic N) is 1. The van der Waals surface area contributed by atoms with Crippen molar-refractivity contribution in [1.29, 1.82) is 0 Å². The summed E-state index contributed by atoms with van der Waals surface area (Å²) in [4.78, 5) is 14.6. The number of hydrogen-bond acceptors (Lipinski definition) is 3. The van der Waals surface area contributed by atoms with Crippen LogP contribution >= 0.6 is 28.1 Å². The number of rotatable bonds is 7. The molecule has 0 unspecified atom stereocenters. The zero-order valence-corrected chi connectivity index (χ0v) is 18.4. The van der Waals surface area contributed by atoms with E-state index in [4.69, 9.17) is 17.0 Å². The van der Waals surface area contributed by atoms with E-state index in [2.05, 4.69) is 34.2 Å². The summed E-state index contributed by atoms with van der Waals surface area (Å²) in [5.74, 6) is 0.536. The van der Waals surface area contributed by atoms with E-state index in [1.165, 1.54) is 24.8 Å². The maximum absolute atomic E-state index is 12.6. The number of fused-ring (bicyclic) bond motifs is 1. The molecule has 6 heteroatoms. The van der Waals surface area contributed by atoms with Gasteiger partial charge in [0.25, 0.3) is 5.91 Å². The summed E-state index contributed by atoms with van der Waals surface area (Å²) in [5.41, 5.74) is 2.86. The average molecular weight is 461 g/mol. The van der Waals surface area contributed by atoms with Gasteiger partial charge in [0.1, 0.15) is 5.75 Å². The van der Waals surface area contributed by atoms with Gasteiger partial charge in [0, 0.05) is 17.8 Å².